The average molecular weight is 197 g/mol. The highest BCUT2D eigenvalue weighted by atomic mass is 16.6. The smallest absolute Gasteiger partial charge is 0.310 e. The molecule has 0 spiro atoms. The Kier molecular flexibility index (Phi) is 3.41. The van der Waals surface area contributed by atoms with Gasteiger partial charge in [0.05, 0.1) is 18.1 Å². The van der Waals surface area contributed by atoms with Crippen molar-refractivity contribution < 1.29 is 14.8 Å². The van der Waals surface area contributed by atoms with Gasteiger partial charge in [0.15, 0.2) is 5.75 Å². The van der Waals surface area contributed by atoms with E-state index in [-0.39, 0.29) is 18.0 Å². The molecule has 0 unspecified atom stereocenters. The molecule has 0 aliphatic carbocycles. The van der Waals surface area contributed by atoms with Crippen LogP contribution < -0.4 is 4.74 Å². The molecule has 0 saturated carbocycles. The molecular formula is C9H11NO4. The zero-order valence-corrected chi connectivity index (χ0v) is 7.77. The molecule has 0 aliphatic heterocycles. The third kappa shape index (κ3) is 2.20. The maximum atomic E-state index is 10.6. The standard InChI is InChI=1S/C9H11NO4/c1-2-14-9-5-7(6-11)3-4-8(9)10(12)13/h3-5,11H,2,6H2,1H3. The molecule has 0 aromatic heterocycles. The molecule has 0 bridgehead atoms. The molecular weight excluding hydrogens is 186 g/mol. The van der Waals surface area contributed by atoms with Crippen LogP contribution >= 0.6 is 0 Å². The number of aliphatic hydroxyl groups is 1. The van der Waals surface area contributed by atoms with Crippen molar-refractivity contribution in [3.63, 3.8) is 0 Å². The molecule has 1 rings (SSSR count). The lowest BCUT2D eigenvalue weighted by atomic mass is 10.2. The Balaban J connectivity index is 3.10. The van der Waals surface area contributed by atoms with Gasteiger partial charge in [-0.1, -0.05) is 0 Å². The Hall–Kier alpha value is -1.62. The topological polar surface area (TPSA) is 72.6 Å². The fraction of sp³-hybridized carbons (Fsp3) is 0.333. The SMILES string of the molecule is CCOc1cc(CO)ccc1[N+](=O)[O-]. The third-order valence-electron chi connectivity index (χ3n) is 1.70. The van der Waals surface area contributed by atoms with Crippen LogP contribution in [0.25, 0.3) is 0 Å². The second kappa shape index (κ2) is 4.57. The van der Waals surface area contributed by atoms with E-state index in [4.69, 9.17) is 9.84 Å². The number of benzene rings is 1. The van der Waals surface area contributed by atoms with Crippen LogP contribution in [0.2, 0.25) is 0 Å². The molecule has 0 heterocycles. The molecule has 1 aromatic carbocycles. The van der Waals surface area contributed by atoms with Crippen molar-refractivity contribution in [2.24, 2.45) is 0 Å². The van der Waals surface area contributed by atoms with Gasteiger partial charge in [0.1, 0.15) is 0 Å². The predicted octanol–water partition coefficient (Wildman–Crippen LogP) is 1.49. The van der Waals surface area contributed by atoms with E-state index in [1.807, 2.05) is 0 Å². The first-order valence-electron chi connectivity index (χ1n) is 4.20. The highest BCUT2D eigenvalue weighted by Crippen LogP contribution is 2.27. The number of nitro benzene ring substituents is 1. The molecule has 0 saturated heterocycles. The third-order valence-corrected chi connectivity index (χ3v) is 1.70. The van der Waals surface area contributed by atoms with Crippen molar-refractivity contribution >= 4 is 5.69 Å². The van der Waals surface area contributed by atoms with Gasteiger partial charge in [-0.15, -0.1) is 0 Å². The highest BCUT2D eigenvalue weighted by molar-refractivity contribution is 5.48. The van der Waals surface area contributed by atoms with Gasteiger partial charge in [-0.2, -0.15) is 0 Å². The van der Waals surface area contributed by atoms with Gasteiger partial charge in [0.25, 0.3) is 0 Å². The van der Waals surface area contributed by atoms with E-state index in [0.717, 1.165) is 0 Å². The Morgan fingerprint density at radius 1 is 1.57 bits per heavy atom. The van der Waals surface area contributed by atoms with Gasteiger partial charge in [-0.05, 0) is 24.6 Å². The Bertz CT molecular complexity index is 338. The first-order valence-corrected chi connectivity index (χ1v) is 4.20. The van der Waals surface area contributed by atoms with Crippen LogP contribution in [0.1, 0.15) is 12.5 Å². The quantitative estimate of drug-likeness (QED) is 0.586. The molecule has 5 nitrogen and oxygen atoms in total. The molecule has 1 N–H and O–H groups in total. The van der Waals surface area contributed by atoms with E-state index >= 15 is 0 Å². The molecule has 0 radical (unpaired) electrons. The molecule has 0 fully saturated rings. The second-order valence-electron chi connectivity index (χ2n) is 2.65. The molecule has 0 atom stereocenters. The number of aliphatic hydroxyl groups excluding tert-OH is 1. The van der Waals surface area contributed by atoms with E-state index in [1.165, 1.54) is 18.2 Å². The second-order valence-corrected chi connectivity index (χ2v) is 2.65. The minimum atomic E-state index is -0.508. The average Bonchev–Trinajstić information content (AvgIpc) is 2.17. The molecule has 14 heavy (non-hydrogen) atoms. The number of rotatable bonds is 4. The zero-order valence-electron chi connectivity index (χ0n) is 7.77. The van der Waals surface area contributed by atoms with Crippen LogP contribution in [-0.4, -0.2) is 16.6 Å². The van der Waals surface area contributed by atoms with E-state index in [1.54, 1.807) is 6.92 Å². The predicted molar refractivity (Wildman–Crippen MR) is 50.2 cm³/mol. The first-order chi connectivity index (χ1) is 6.69. The van der Waals surface area contributed by atoms with Crippen LogP contribution in [0.15, 0.2) is 18.2 Å². The summed E-state index contributed by atoms with van der Waals surface area (Å²) in [5.74, 6) is 0.198. The van der Waals surface area contributed by atoms with Crippen molar-refractivity contribution in [1.29, 1.82) is 0 Å². The number of hydrogen-bond acceptors (Lipinski definition) is 4. The summed E-state index contributed by atoms with van der Waals surface area (Å²) in [7, 11) is 0. The fourth-order valence-electron chi connectivity index (χ4n) is 1.08. The van der Waals surface area contributed by atoms with Gasteiger partial charge in [0.2, 0.25) is 0 Å². The van der Waals surface area contributed by atoms with Gasteiger partial charge in [-0.25, -0.2) is 0 Å². The minimum Gasteiger partial charge on any atom is -0.487 e. The van der Waals surface area contributed by atoms with E-state index < -0.39 is 4.92 Å². The maximum absolute atomic E-state index is 10.6. The van der Waals surface area contributed by atoms with Gasteiger partial charge < -0.3 is 9.84 Å². The van der Waals surface area contributed by atoms with Crippen molar-refractivity contribution in [3.8, 4) is 5.75 Å². The molecule has 0 aliphatic rings. The van der Waals surface area contributed by atoms with E-state index in [0.29, 0.717) is 12.2 Å². The summed E-state index contributed by atoms with van der Waals surface area (Å²) >= 11 is 0. The van der Waals surface area contributed by atoms with Crippen molar-refractivity contribution in [2.75, 3.05) is 6.61 Å². The summed E-state index contributed by atoms with van der Waals surface area (Å²) in [6.45, 7) is 1.95. The largest absolute Gasteiger partial charge is 0.487 e. The summed E-state index contributed by atoms with van der Waals surface area (Å²) < 4.78 is 5.09. The Morgan fingerprint density at radius 2 is 2.29 bits per heavy atom. The lowest BCUT2D eigenvalue weighted by Gasteiger charge is -2.05. The number of nitro groups is 1. The summed E-state index contributed by atoms with van der Waals surface area (Å²) in [4.78, 5) is 10.1. The van der Waals surface area contributed by atoms with Gasteiger partial charge in [-0.3, -0.25) is 10.1 Å². The fourth-order valence-corrected chi connectivity index (χ4v) is 1.08. The van der Waals surface area contributed by atoms with Crippen LogP contribution in [0.4, 0.5) is 5.69 Å². The Labute approximate surface area is 81.1 Å². The normalized spacial score (nSPS) is 9.86. The monoisotopic (exact) mass is 197 g/mol. The number of hydrogen-bond donors (Lipinski definition) is 1. The van der Waals surface area contributed by atoms with Gasteiger partial charge >= 0.3 is 5.69 Å². The number of ether oxygens (including phenoxy) is 1. The maximum Gasteiger partial charge on any atom is 0.310 e. The van der Waals surface area contributed by atoms with Gasteiger partial charge in [0, 0.05) is 6.07 Å². The molecule has 76 valence electrons. The summed E-state index contributed by atoms with van der Waals surface area (Å²) in [6, 6.07) is 4.30. The number of nitrogens with zero attached hydrogens (tertiary/aromatic N) is 1. The zero-order chi connectivity index (χ0) is 10.6. The molecule has 0 amide bonds. The van der Waals surface area contributed by atoms with E-state index in [9.17, 15) is 10.1 Å². The highest BCUT2D eigenvalue weighted by Gasteiger charge is 2.14. The summed E-state index contributed by atoms with van der Waals surface area (Å²) in [6.07, 6.45) is 0. The Morgan fingerprint density at radius 3 is 2.79 bits per heavy atom. The minimum absolute atomic E-state index is 0.0796. The lowest BCUT2D eigenvalue weighted by molar-refractivity contribution is -0.385. The van der Waals surface area contributed by atoms with Crippen LogP contribution in [0.3, 0.4) is 0 Å². The van der Waals surface area contributed by atoms with Crippen molar-refractivity contribution in [2.45, 2.75) is 13.5 Å². The van der Waals surface area contributed by atoms with E-state index in [2.05, 4.69) is 0 Å². The van der Waals surface area contributed by atoms with Crippen LogP contribution in [0.5, 0.6) is 5.75 Å². The summed E-state index contributed by atoms with van der Waals surface area (Å²) in [5, 5.41) is 19.4. The molecule has 1 aromatic rings. The van der Waals surface area contributed by atoms with Crippen molar-refractivity contribution in [3.05, 3.63) is 33.9 Å². The van der Waals surface area contributed by atoms with Crippen LogP contribution in [0, 0.1) is 10.1 Å². The van der Waals surface area contributed by atoms with Crippen LogP contribution in [-0.2, 0) is 6.61 Å². The van der Waals surface area contributed by atoms with Crippen molar-refractivity contribution in [1.82, 2.24) is 0 Å². The summed E-state index contributed by atoms with van der Waals surface area (Å²) in [5.41, 5.74) is 0.517. The molecule has 5 heteroatoms. The first kappa shape index (κ1) is 10.5. The lowest BCUT2D eigenvalue weighted by Crippen LogP contribution is -1.98.